The lowest BCUT2D eigenvalue weighted by Gasteiger charge is -2.28. The Kier molecular flexibility index (Phi) is 5.21. The van der Waals surface area contributed by atoms with Crippen LogP contribution in [-0.2, 0) is 4.79 Å². The minimum absolute atomic E-state index is 0.0538. The number of rotatable bonds is 5. The van der Waals surface area contributed by atoms with Gasteiger partial charge in [0, 0.05) is 0 Å². The summed E-state index contributed by atoms with van der Waals surface area (Å²) in [7, 11) is 0. The van der Waals surface area contributed by atoms with E-state index in [-0.39, 0.29) is 11.9 Å². The Morgan fingerprint density at radius 2 is 2.00 bits per heavy atom. The second-order valence-corrected chi connectivity index (χ2v) is 4.94. The number of aliphatic hydroxyl groups is 1. The fourth-order valence-corrected chi connectivity index (χ4v) is 2.34. The molecule has 0 saturated heterocycles. The summed E-state index contributed by atoms with van der Waals surface area (Å²) in [5.74, 6) is 0.717. The van der Waals surface area contributed by atoms with Crippen molar-refractivity contribution in [2.75, 3.05) is 6.61 Å². The average molecular weight is 263 g/mol. The zero-order valence-electron chi connectivity index (χ0n) is 11.0. The fourth-order valence-electron chi connectivity index (χ4n) is 2.34. The third-order valence-electron chi connectivity index (χ3n) is 3.42. The van der Waals surface area contributed by atoms with E-state index < -0.39 is 6.10 Å². The smallest absolute Gasteiger partial charge is 0.223 e. The number of hydrogen-bond donors (Lipinski definition) is 2. The molecular weight excluding hydrogens is 242 g/mol. The summed E-state index contributed by atoms with van der Waals surface area (Å²) in [5.41, 5.74) is 0. The van der Waals surface area contributed by atoms with Crippen LogP contribution >= 0.6 is 0 Å². The van der Waals surface area contributed by atoms with Crippen LogP contribution in [0.4, 0.5) is 0 Å². The number of aliphatic hydroxyl groups excluding tert-OH is 1. The van der Waals surface area contributed by atoms with Gasteiger partial charge >= 0.3 is 0 Å². The molecule has 0 spiro atoms. The first-order valence-corrected chi connectivity index (χ1v) is 6.91. The zero-order valence-corrected chi connectivity index (χ0v) is 11.0. The Bertz CT molecular complexity index is 394. The molecule has 0 aliphatic heterocycles. The lowest BCUT2D eigenvalue weighted by Crippen LogP contribution is -2.45. The largest absolute Gasteiger partial charge is 0.493 e. The minimum Gasteiger partial charge on any atom is -0.493 e. The third kappa shape index (κ3) is 4.56. The van der Waals surface area contributed by atoms with E-state index >= 15 is 0 Å². The first-order valence-electron chi connectivity index (χ1n) is 6.91. The second kappa shape index (κ2) is 7.14. The number of carbonyl (C=O) groups is 1. The summed E-state index contributed by atoms with van der Waals surface area (Å²) in [6, 6.07) is 9.36. The number of nitrogens with one attached hydrogen (secondary N) is 1. The molecule has 1 aromatic rings. The Balaban J connectivity index is 1.67. The second-order valence-electron chi connectivity index (χ2n) is 4.94. The number of para-hydroxylation sites is 1. The fraction of sp³-hybridized carbons (Fsp3) is 0.533. The molecule has 0 bridgehead atoms. The van der Waals surface area contributed by atoms with Gasteiger partial charge in [0.05, 0.1) is 25.2 Å². The molecule has 1 amide bonds. The molecule has 2 N–H and O–H groups in total. The first-order chi connectivity index (χ1) is 9.25. The molecule has 19 heavy (non-hydrogen) atoms. The van der Waals surface area contributed by atoms with Crippen LogP contribution in [0.5, 0.6) is 5.75 Å². The Hall–Kier alpha value is -1.55. The van der Waals surface area contributed by atoms with Gasteiger partial charge in [0.2, 0.25) is 5.91 Å². The highest BCUT2D eigenvalue weighted by atomic mass is 16.5. The van der Waals surface area contributed by atoms with Crippen LogP contribution in [-0.4, -0.2) is 29.8 Å². The summed E-state index contributed by atoms with van der Waals surface area (Å²) in [4.78, 5) is 11.7. The van der Waals surface area contributed by atoms with Crippen LogP contribution in [0.15, 0.2) is 30.3 Å². The summed E-state index contributed by atoms with van der Waals surface area (Å²) in [5, 5.41) is 12.7. The topological polar surface area (TPSA) is 58.6 Å². The van der Waals surface area contributed by atoms with E-state index in [1.165, 1.54) is 0 Å². The number of hydrogen-bond acceptors (Lipinski definition) is 3. The summed E-state index contributed by atoms with van der Waals surface area (Å²) >= 11 is 0. The van der Waals surface area contributed by atoms with E-state index in [1.54, 1.807) is 0 Å². The first kappa shape index (κ1) is 13.9. The predicted molar refractivity (Wildman–Crippen MR) is 73.0 cm³/mol. The van der Waals surface area contributed by atoms with Crippen molar-refractivity contribution in [1.82, 2.24) is 5.32 Å². The zero-order chi connectivity index (χ0) is 13.5. The van der Waals surface area contributed by atoms with E-state index in [0.717, 1.165) is 31.4 Å². The molecule has 2 rings (SSSR count). The summed E-state index contributed by atoms with van der Waals surface area (Å²) in [6.07, 6.45) is 3.69. The molecule has 0 heterocycles. The number of benzene rings is 1. The van der Waals surface area contributed by atoms with Gasteiger partial charge in [-0.2, -0.15) is 0 Å². The van der Waals surface area contributed by atoms with Gasteiger partial charge in [-0.05, 0) is 25.0 Å². The summed E-state index contributed by atoms with van der Waals surface area (Å²) < 4.78 is 5.47. The number of carbonyl (C=O) groups excluding carboxylic acids is 1. The highest BCUT2D eigenvalue weighted by Crippen LogP contribution is 2.18. The van der Waals surface area contributed by atoms with Gasteiger partial charge in [-0.15, -0.1) is 0 Å². The molecule has 104 valence electrons. The van der Waals surface area contributed by atoms with Gasteiger partial charge in [-0.25, -0.2) is 0 Å². The summed E-state index contributed by atoms with van der Waals surface area (Å²) in [6.45, 7) is 0.360. The highest BCUT2D eigenvalue weighted by molar-refractivity contribution is 5.76. The van der Waals surface area contributed by atoms with E-state index in [9.17, 15) is 9.90 Å². The van der Waals surface area contributed by atoms with Crippen molar-refractivity contribution < 1.29 is 14.6 Å². The lowest BCUT2D eigenvalue weighted by molar-refractivity contribution is -0.123. The molecule has 4 nitrogen and oxygen atoms in total. The quantitative estimate of drug-likeness (QED) is 0.852. The maximum Gasteiger partial charge on any atom is 0.223 e. The van der Waals surface area contributed by atoms with Crippen LogP contribution in [0, 0.1) is 0 Å². The van der Waals surface area contributed by atoms with Gasteiger partial charge in [0.15, 0.2) is 0 Å². The molecule has 1 aliphatic carbocycles. The monoisotopic (exact) mass is 263 g/mol. The molecule has 1 saturated carbocycles. The van der Waals surface area contributed by atoms with Gasteiger partial charge in [-0.1, -0.05) is 31.0 Å². The Morgan fingerprint density at radius 3 is 2.74 bits per heavy atom. The van der Waals surface area contributed by atoms with Crippen LogP contribution in [0.1, 0.15) is 32.1 Å². The van der Waals surface area contributed by atoms with E-state index in [4.69, 9.17) is 4.74 Å². The van der Waals surface area contributed by atoms with Crippen molar-refractivity contribution in [3.63, 3.8) is 0 Å². The van der Waals surface area contributed by atoms with Crippen molar-refractivity contribution in [2.45, 2.75) is 44.2 Å². The van der Waals surface area contributed by atoms with E-state index in [1.807, 2.05) is 30.3 Å². The Labute approximate surface area is 113 Å². The molecule has 0 unspecified atom stereocenters. The average Bonchev–Trinajstić information content (AvgIpc) is 2.43. The van der Waals surface area contributed by atoms with Crippen molar-refractivity contribution in [3.05, 3.63) is 30.3 Å². The van der Waals surface area contributed by atoms with Crippen molar-refractivity contribution in [1.29, 1.82) is 0 Å². The van der Waals surface area contributed by atoms with Gasteiger partial charge < -0.3 is 15.2 Å². The number of ether oxygens (including phenoxy) is 1. The van der Waals surface area contributed by atoms with Crippen LogP contribution in [0.3, 0.4) is 0 Å². The van der Waals surface area contributed by atoms with Crippen LogP contribution < -0.4 is 10.1 Å². The van der Waals surface area contributed by atoms with Crippen LogP contribution in [0.2, 0.25) is 0 Å². The van der Waals surface area contributed by atoms with Gasteiger partial charge in [-0.3, -0.25) is 4.79 Å². The van der Waals surface area contributed by atoms with Crippen LogP contribution in [0.25, 0.3) is 0 Å². The molecular formula is C15H21NO3. The van der Waals surface area contributed by atoms with E-state index in [0.29, 0.717) is 13.0 Å². The van der Waals surface area contributed by atoms with Gasteiger partial charge in [0.1, 0.15) is 5.75 Å². The molecule has 2 atom stereocenters. The molecule has 1 aromatic carbocycles. The molecule has 4 heteroatoms. The Morgan fingerprint density at radius 1 is 1.26 bits per heavy atom. The molecule has 1 aliphatic rings. The number of amides is 1. The predicted octanol–water partition coefficient (Wildman–Crippen LogP) is 1.88. The third-order valence-corrected chi connectivity index (χ3v) is 3.42. The minimum atomic E-state index is -0.396. The normalized spacial score (nSPS) is 22.8. The highest BCUT2D eigenvalue weighted by Gasteiger charge is 2.24. The van der Waals surface area contributed by atoms with E-state index in [2.05, 4.69) is 5.32 Å². The van der Waals surface area contributed by atoms with Crippen molar-refractivity contribution in [3.8, 4) is 5.75 Å². The standard InChI is InChI=1S/C15H21NO3/c17-14-9-5-4-8-13(14)16-15(18)10-11-19-12-6-2-1-3-7-12/h1-3,6-7,13-14,17H,4-5,8-11H2,(H,16,18)/t13-,14-/m1/s1. The van der Waals surface area contributed by atoms with Gasteiger partial charge in [0.25, 0.3) is 0 Å². The maximum atomic E-state index is 11.7. The molecule has 1 fully saturated rings. The molecule has 0 radical (unpaired) electrons. The molecule has 0 aromatic heterocycles. The maximum absolute atomic E-state index is 11.7. The van der Waals surface area contributed by atoms with Crippen molar-refractivity contribution in [2.24, 2.45) is 0 Å². The SMILES string of the molecule is O=C(CCOc1ccccc1)N[C@@H]1CCCC[C@H]1O. The lowest BCUT2D eigenvalue weighted by atomic mass is 9.92. The van der Waals surface area contributed by atoms with Crippen molar-refractivity contribution >= 4 is 5.91 Å².